The van der Waals surface area contributed by atoms with Gasteiger partial charge in [-0.3, -0.25) is 19.7 Å². The zero-order valence-corrected chi connectivity index (χ0v) is 19.7. The molecule has 1 amide bonds. The average molecular weight is 462 g/mol. The third-order valence-corrected chi connectivity index (χ3v) is 7.41. The smallest absolute Gasteiger partial charge is 0.274 e. The Bertz CT molecular complexity index is 1220. The van der Waals surface area contributed by atoms with E-state index in [0.717, 1.165) is 67.0 Å². The zero-order chi connectivity index (χ0) is 23.9. The van der Waals surface area contributed by atoms with Crippen LogP contribution in [0.5, 0.6) is 0 Å². The summed E-state index contributed by atoms with van der Waals surface area (Å²) in [5.41, 5.74) is 5.93. The van der Waals surface area contributed by atoms with E-state index in [4.69, 9.17) is 9.94 Å². The summed E-state index contributed by atoms with van der Waals surface area (Å²) >= 11 is 0. The minimum Gasteiger partial charge on any atom is -0.379 e. The molecular weight excluding hydrogens is 430 g/mol. The number of benzene rings is 2. The van der Waals surface area contributed by atoms with Gasteiger partial charge < -0.3 is 9.30 Å². The number of rotatable bonds is 5. The van der Waals surface area contributed by atoms with E-state index >= 15 is 0 Å². The van der Waals surface area contributed by atoms with Crippen LogP contribution >= 0.6 is 0 Å². The maximum atomic E-state index is 14.0. The van der Waals surface area contributed by atoms with E-state index in [1.54, 1.807) is 17.6 Å². The molecule has 0 bridgehead atoms. The normalized spacial score (nSPS) is 20.3. The zero-order valence-electron chi connectivity index (χ0n) is 19.7. The average Bonchev–Trinajstić information content (AvgIpc) is 3.15. The molecule has 1 atom stereocenters. The van der Waals surface area contributed by atoms with E-state index < -0.39 is 5.91 Å². The van der Waals surface area contributed by atoms with Gasteiger partial charge in [0.25, 0.3) is 5.91 Å². The molecule has 7 nitrogen and oxygen atoms in total. The molecule has 1 aliphatic carbocycles. The Morgan fingerprint density at radius 2 is 1.82 bits per heavy atom. The number of ketones is 1. The van der Waals surface area contributed by atoms with Crippen LogP contribution < -0.4 is 5.48 Å². The number of ether oxygens (including phenoxy) is 1. The standard InChI is InChI=1S/C27H31N3O4/c1-27(2)15-23-24(25(31)21(27)17-29-11-13-34-14-12-29)20-5-3-4-6-22(20)30(23)16-18-7-9-19(10-8-18)26(32)28-33/h3-10,21,33H,11-17H2,1-2H3,(H,28,32). The second-order valence-electron chi connectivity index (χ2n) is 10.1. The lowest BCUT2D eigenvalue weighted by molar-refractivity contribution is 0.0172. The summed E-state index contributed by atoms with van der Waals surface area (Å²) in [5.74, 6) is -0.356. The number of morpholine rings is 1. The molecule has 2 heterocycles. The molecule has 3 aromatic rings. The van der Waals surface area contributed by atoms with E-state index in [1.165, 1.54) is 0 Å². The molecule has 5 rings (SSSR count). The summed E-state index contributed by atoms with van der Waals surface area (Å²) in [4.78, 5) is 28.0. The number of fused-ring (bicyclic) bond motifs is 3. The first-order valence-electron chi connectivity index (χ1n) is 11.9. The molecule has 0 saturated carbocycles. The van der Waals surface area contributed by atoms with Crippen LogP contribution in [0.2, 0.25) is 0 Å². The first kappa shape index (κ1) is 22.8. The summed E-state index contributed by atoms with van der Waals surface area (Å²) in [5, 5.41) is 9.88. The van der Waals surface area contributed by atoms with Crippen LogP contribution in [0, 0.1) is 11.3 Å². The number of aromatic nitrogens is 1. The molecule has 0 spiro atoms. The number of nitrogens with one attached hydrogen (secondary N) is 1. The predicted octanol–water partition coefficient (Wildman–Crippen LogP) is 3.52. The van der Waals surface area contributed by atoms with Crippen molar-refractivity contribution in [3.8, 4) is 0 Å². The lowest BCUT2D eigenvalue weighted by Gasteiger charge is -2.41. The largest absolute Gasteiger partial charge is 0.379 e. The maximum absolute atomic E-state index is 14.0. The molecular formula is C27H31N3O4. The summed E-state index contributed by atoms with van der Waals surface area (Å²) in [6, 6.07) is 15.3. The van der Waals surface area contributed by atoms with Crippen LogP contribution in [0.4, 0.5) is 0 Å². The van der Waals surface area contributed by atoms with Gasteiger partial charge in [0.2, 0.25) is 0 Å². The van der Waals surface area contributed by atoms with Crippen molar-refractivity contribution in [1.82, 2.24) is 14.9 Å². The summed E-state index contributed by atoms with van der Waals surface area (Å²) < 4.78 is 7.76. The molecule has 1 aromatic heterocycles. The fourth-order valence-electron chi connectivity index (χ4n) is 5.46. The third kappa shape index (κ3) is 4.04. The Labute approximate surface area is 199 Å². The number of Topliss-reactive ketones (excluding diaryl/α,β-unsaturated/α-hetero) is 1. The van der Waals surface area contributed by atoms with Crippen molar-refractivity contribution in [2.45, 2.75) is 26.8 Å². The molecule has 2 aliphatic rings. The second-order valence-corrected chi connectivity index (χ2v) is 10.1. The minimum absolute atomic E-state index is 0.0615. The van der Waals surface area contributed by atoms with Crippen molar-refractivity contribution >= 4 is 22.6 Å². The molecule has 2 aromatic carbocycles. The van der Waals surface area contributed by atoms with E-state index in [0.29, 0.717) is 12.1 Å². The highest BCUT2D eigenvalue weighted by molar-refractivity contribution is 6.11. The molecule has 2 N–H and O–H groups in total. The Balaban J connectivity index is 1.53. The Kier molecular flexibility index (Phi) is 6.02. The van der Waals surface area contributed by atoms with Crippen LogP contribution in [0.3, 0.4) is 0 Å². The number of amides is 1. The fourth-order valence-corrected chi connectivity index (χ4v) is 5.46. The van der Waals surface area contributed by atoms with Crippen molar-refractivity contribution in [3.63, 3.8) is 0 Å². The van der Waals surface area contributed by atoms with Gasteiger partial charge in [0.05, 0.1) is 13.2 Å². The van der Waals surface area contributed by atoms with E-state index in [1.807, 2.05) is 24.3 Å². The molecule has 0 radical (unpaired) electrons. The molecule has 1 unspecified atom stereocenters. The predicted molar refractivity (Wildman–Crippen MR) is 129 cm³/mol. The van der Waals surface area contributed by atoms with Crippen molar-refractivity contribution < 1.29 is 19.5 Å². The number of nitrogens with zero attached hydrogens (tertiary/aromatic N) is 2. The number of hydrogen-bond donors (Lipinski definition) is 2. The first-order chi connectivity index (χ1) is 16.4. The SMILES string of the molecule is CC1(C)Cc2c(c3ccccc3n2Cc2ccc(C(=O)NO)cc2)C(=O)C1CN1CCOCC1. The highest BCUT2D eigenvalue weighted by Gasteiger charge is 2.44. The molecule has 1 saturated heterocycles. The minimum atomic E-state index is -0.533. The number of hydrogen-bond acceptors (Lipinski definition) is 5. The van der Waals surface area contributed by atoms with Crippen molar-refractivity contribution in [3.05, 3.63) is 70.9 Å². The Hall–Kier alpha value is -3.00. The van der Waals surface area contributed by atoms with Crippen molar-refractivity contribution in [1.29, 1.82) is 0 Å². The van der Waals surface area contributed by atoms with Crippen LogP contribution in [0.15, 0.2) is 48.5 Å². The fraction of sp³-hybridized carbons (Fsp3) is 0.407. The van der Waals surface area contributed by atoms with Crippen LogP contribution in [-0.4, -0.2) is 59.2 Å². The molecule has 1 fully saturated rings. The van der Waals surface area contributed by atoms with Gasteiger partial charge in [-0.25, -0.2) is 5.48 Å². The molecule has 178 valence electrons. The van der Waals surface area contributed by atoms with Gasteiger partial charge in [-0.2, -0.15) is 0 Å². The highest BCUT2D eigenvalue weighted by Crippen LogP contribution is 2.44. The molecule has 7 heteroatoms. The molecule has 34 heavy (non-hydrogen) atoms. The monoisotopic (exact) mass is 461 g/mol. The topological polar surface area (TPSA) is 83.8 Å². The van der Waals surface area contributed by atoms with Crippen LogP contribution in [0.25, 0.3) is 10.9 Å². The van der Waals surface area contributed by atoms with Crippen LogP contribution in [-0.2, 0) is 17.7 Å². The lowest BCUT2D eigenvalue weighted by atomic mass is 9.67. The molecule has 1 aliphatic heterocycles. The number of carbonyl (C=O) groups is 2. The van der Waals surface area contributed by atoms with E-state index in [-0.39, 0.29) is 17.1 Å². The Morgan fingerprint density at radius 3 is 2.53 bits per heavy atom. The van der Waals surface area contributed by atoms with Gasteiger partial charge in [0.1, 0.15) is 0 Å². The van der Waals surface area contributed by atoms with Gasteiger partial charge in [-0.1, -0.05) is 44.2 Å². The summed E-state index contributed by atoms with van der Waals surface area (Å²) in [6.07, 6.45) is 0.822. The first-order valence-corrected chi connectivity index (χ1v) is 11.9. The van der Waals surface area contributed by atoms with E-state index in [2.05, 4.69) is 35.4 Å². The Morgan fingerprint density at radius 1 is 1.12 bits per heavy atom. The van der Waals surface area contributed by atoms with Crippen LogP contribution in [0.1, 0.15) is 45.8 Å². The maximum Gasteiger partial charge on any atom is 0.274 e. The summed E-state index contributed by atoms with van der Waals surface area (Å²) in [7, 11) is 0. The lowest BCUT2D eigenvalue weighted by Crippen LogP contribution is -2.48. The quantitative estimate of drug-likeness (QED) is 0.449. The van der Waals surface area contributed by atoms with E-state index in [9.17, 15) is 9.59 Å². The van der Waals surface area contributed by atoms with Gasteiger partial charge in [-0.15, -0.1) is 0 Å². The number of carbonyl (C=O) groups excluding carboxylic acids is 2. The van der Waals surface area contributed by atoms with Gasteiger partial charge in [0.15, 0.2) is 5.78 Å². The van der Waals surface area contributed by atoms with Gasteiger partial charge in [0, 0.05) is 59.8 Å². The van der Waals surface area contributed by atoms with Gasteiger partial charge in [-0.05, 0) is 35.6 Å². The van der Waals surface area contributed by atoms with Gasteiger partial charge >= 0.3 is 0 Å². The number of hydroxylamine groups is 1. The number of para-hydroxylation sites is 1. The van der Waals surface area contributed by atoms with Crippen molar-refractivity contribution in [2.75, 3.05) is 32.8 Å². The highest BCUT2D eigenvalue weighted by atomic mass is 16.5. The summed E-state index contributed by atoms with van der Waals surface area (Å²) in [6.45, 7) is 9.00. The second kappa shape index (κ2) is 8.98. The van der Waals surface area contributed by atoms with Crippen molar-refractivity contribution in [2.24, 2.45) is 11.3 Å². The third-order valence-electron chi connectivity index (χ3n) is 7.41.